The zero-order valence-electron chi connectivity index (χ0n) is 7.64. The quantitative estimate of drug-likeness (QED) is 0.772. The summed E-state index contributed by atoms with van der Waals surface area (Å²) in [5, 5.41) is 2.46. The summed E-state index contributed by atoms with van der Waals surface area (Å²) in [4.78, 5) is 4.58. The molecule has 0 radical (unpaired) electrons. The predicted octanol–water partition coefficient (Wildman–Crippen LogP) is 2.65. The molecule has 0 amide bonds. The van der Waals surface area contributed by atoms with E-state index in [0.717, 1.165) is 5.56 Å². The Morgan fingerprint density at radius 3 is 2.43 bits per heavy atom. The van der Waals surface area contributed by atoms with E-state index in [1.54, 1.807) is 0 Å². The first-order valence-electron chi connectivity index (χ1n) is 4.19. The fourth-order valence-corrected chi connectivity index (χ4v) is 1.42. The molecule has 2 N–H and O–H groups in total. The van der Waals surface area contributed by atoms with Crippen molar-refractivity contribution in [2.45, 2.75) is 6.61 Å². The largest absolute Gasteiger partial charge is 0.300 e. The topological polar surface area (TPSA) is 35.2 Å². The van der Waals surface area contributed by atoms with Crippen molar-refractivity contribution < 1.29 is 4.84 Å². The van der Waals surface area contributed by atoms with Crippen molar-refractivity contribution in [3.8, 4) is 0 Å². The van der Waals surface area contributed by atoms with E-state index in [4.69, 9.17) is 5.90 Å². The van der Waals surface area contributed by atoms with E-state index in [1.807, 2.05) is 18.2 Å². The SMILES string of the molecule is Cl.NOCc1ccc2ccccc2c1. The van der Waals surface area contributed by atoms with Crippen molar-refractivity contribution in [3.05, 3.63) is 48.0 Å². The molecular weight excluding hydrogens is 198 g/mol. The third kappa shape index (κ3) is 2.23. The van der Waals surface area contributed by atoms with Crippen LogP contribution in [-0.4, -0.2) is 0 Å². The molecule has 0 spiro atoms. The minimum Gasteiger partial charge on any atom is -0.300 e. The van der Waals surface area contributed by atoms with Gasteiger partial charge in [-0.1, -0.05) is 36.4 Å². The Morgan fingerprint density at radius 1 is 1.00 bits per heavy atom. The van der Waals surface area contributed by atoms with Gasteiger partial charge in [0.1, 0.15) is 0 Å². The van der Waals surface area contributed by atoms with Gasteiger partial charge in [0.25, 0.3) is 0 Å². The average molecular weight is 210 g/mol. The predicted molar refractivity (Wildman–Crippen MR) is 60.2 cm³/mol. The highest BCUT2D eigenvalue weighted by atomic mass is 35.5. The van der Waals surface area contributed by atoms with Crippen molar-refractivity contribution in [1.29, 1.82) is 0 Å². The lowest BCUT2D eigenvalue weighted by Gasteiger charge is -2.01. The van der Waals surface area contributed by atoms with Crippen molar-refractivity contribution in [2.75, 3.05) is 0 Å². The van der Waals surface area contributed by atoms with Gasteiger partial charge in [0.15, 0.2) is 0 Å². The van der Waals surface area contributed by atoms with Crippen LogP contribution in [0.3, 0.4) is 0 Å². The molecule has 2 aromatic carbocycles. The van der Waals surface area contributed by atoms with Gasteiger partial charge in [0.2, 0.25) is 0 Å². The molecule has 3 heteroatoms. The Morgan fingerprint density at radius 2 is 1.71 bits per heavy atom. The third-order valence-corrected chi connectivity index (χ3v) is 2.06. The number of rotatable bonds is 2. The number of fused-ring (bicyclic) bond motifs is 1. The smallest absolute Gasteiger partial charge is 0.0930 e. The zero-order chi connectivity index (χ0) is 9.10. The van der Waals surface area contributed by atoms with E-state index in [0.29, 0.717) is 6.61 Å². The molecule has 14 heavy (non-hydrogen) atoms. The van der Waals surface area contributed by atoms with Crippen LogP contribution >= 0.6 is 12.4 Å². The summed E-state index contributed by atoms with van der Waals surface area (Å²) in [6, 6.07) is 14.4. The van der Waals surface area contributed by atoms with Gasteiger partial charge >= 0.3 is 0 Å². The van der Waals surface area contributed by atoms with Gasteiger partial charge in [-0.05, 0) is 22.4 Å². The first-order valence-corrected chi connectivity index (χ1v) is 4.19. The van der Waals surface area contributed by atoms with Crippen molar-refractivity contribution in [2.24, 2.45) is 5.90 Å². The first-order chi connectivity index (χ1) is 6.40. The Balaban J connectivity index is 0.000000980. The van der Waals surface area contributed by atoms with E-state index in [2.05, 4.69) is 29.1 Å². The highest BCUT2D eigenvalue weighted by molar-refractivity contribution is 5.85. The van der Waals surface area contributed by atoms with Gasteiger partial charge in [-0.25, -0.2) is 5.90 Å². The average Bonchev–Trinajstić information content (AvgIpc) is 2.18. The molecule has 2 aromatic rings. The van der Waals surface area contributed by atoms with Crippen LogP contribution in [-0.2, 0) is 11.4 Å². The summed E-state index contributed by atoms with van der Waals surface area (Å²) in [6.07, 6.45) is 0. The maximum absolute atomic E-state index is 5.00. The maximum Gasteiger partial charge on any atom is 0.0930 e. The number of nitrogens with two attached hydrogens (primary N) is 1. The molecule has 0 heterocycles. The van der Waals surface area contributed by atoms with Gasteiger partial charge in [0, 0.05) is 0 Å². The summed E-state index contributed by atoms with van der Waals surface area (Å²) in [6.45, 7) is 0.463. The standard InChI is InChI=1S/C11H11NO.ClH/c12-13-8-9-5-6-10-3-1-2-4-11(10)7-9;/h1-7H,8,12H2;1H. The van der Waals surface area contributed by atoms with Crippen molar-refractivity contribution >= 4 is 23.2 Å². The van der Waals surface area contributed by atoms with Gasteiger partial charge in [-0.3, -0.25) is 4.84 Å². The molecule has 0 aromatic heterocycles. The van der Waals surface area contributed by atoms with E-state index in [-0.39, 0.29) is 12.4 Å². The molecule has 0 unspecified atom stereocenters. The first kappa shape index (κ1) is 11.0. The van der Waals surface area contributed by atoms with E-state index >= 15 is 0 Å². The Kier molecular flexibility index (Phi) is 3.89. The van der Waals surface area contributed by atoms with Gasteiger partial charge in [-0.15, -0.1) is 12.4 Å². The van der Waals surface area contributed by atoms with Crippen LogP contribution in [0.5, 0.6) is 0 Å². The summed E-state index contributed by atoms with van der Waals surface area (Å²) < 4.78 is 0. The molecule has 0 bridgehead atoms. The van der Waals surface area contributed by atoms with Gasteiger partial charge in [-0.2, -0.15) is 0 Å². The summed E-state index contributed by atoms with van der Waals surface area (Å²) in [7, 11) is 0. The summed E-state index contributed by atoms with van der Waals surface area (Å²) in [5.74, 6) is 5.00. The second kappa shape index (κ2) is 4.96. The Hall–Kier alpha value is -1.09. The number of benzene rings is 2. The van der Waals surface area contributed by atoms with E-state index < -0.39 is 0 Å². The van der Waals surface area contributed by atoms with Crippen LogP contribution in [0.25, 0.3) is 10.8 Å². The Bertz CT molecular complexity index is 417. The zero-order valence-corrected chi connectivity index (χ0v) is 8.46. The Labute approximate surface area is 89.0 Å². The maximum atomic E-state index is 5.00. The lowest BCUT2D eigenvalue weighted by molar-refractivity contribution is 0.124. The van der Waals surface area contributed by atoms with Gasteiger partial charge in [0.05, 0.1) is 6.61 Å². The number of hydrogen-bond donors (Lipinski definition) is 1. The molecule has 0 saturated heterocycles. The second-order valence-corrected chi connectivity index (χ2v) is 2.99. The molecule has 0 aliphatic carbocycles. The van der Waals surface area contributed by atoms with Crippen LogP contribution in [0.15, 0.2) is 42.5 Å². The fraction of sp³-hybridized carbons (Fsp3) is 0.0909. The van der Waals surface area contributed by atoms with Crippen LogP contribution < -0.4 is 5.90 Å². The number of hydrogen-bond acceptors (Lipinski definition) is 2. The number of halogens is 1. The molecule has 0 saturated carbocycles. The summed E-state index contributed by atoms with van der Waals surface area (Å²) >= 11 is 0. The molecule has 0 fully saturated rings. The lowest BCUT2D eigenvalue weighted by Crippen LogP contribution is -1.98. The van der Waals surface area contributed by atoms with Crippen molar-refractivity contribution in [1.82, 2.24) is 0 Å². The van der Waals surface area contributed by atoms with Crippen LogP contribution in [0.4, 0.5) is 0 Å². The second-order valence-electron chi connectivity index (χ2n) is 2.99. The summed E-state index contributed by atoms with van der Waals surface area (Å²) in [5.41, 5.74) is 1.10. The minimum absolute atomic E-state index is 0. The van der Waals surface area contributed by atoms with Crippen LogP contribution in [0.2, 0.25) is 0 Å². The molecule has 0 aliphatic heterocycles. The molecular formula is C11H12ClNO. The lowest BCUT2D eigenvalue weighted by atomic mass is 10.1. The molecule has 0 atom stereocenters. The highest BCUT2D eigenvalue weighted by Gasteiger charge is 1.94. The van der Waals surface area contributed by atoms with Crippen molar-refractivity contribution in [3.63, 3.8) is 0 Å². The molecule has 74 valence electrons. The minimum atomic E-state index is 0. The van der Waals surface area contributed by atoms with E-state index in [1.165, 1.54) is 10.8 Å². The fourth-order valence-electron chi connectivity index (χ4n) is 1.42. The van der Waals surface area contributed by atoms with E-state index in [9.17, 15) is 0 Å². The van der Waals surface area contributed by atoms with Crippen LogP contribution in [0.1, 0.15) is 5.56 Å². The highest BCUT2D eigenvalue weighted by Crippen LogP contribution is 2.15. The monoisotopic (exact) mass is 209 g/mol. The molecule has 2 rings (SSSR count). The normalized spacial score (nSPS) is 9.79. The molecule has 2 nitrogen and oxygen atoms in total. The third-order valence-electron chi connectivity index (χ3n) is 2.06. The molecule has 0 aliphatic rings. The van der Waals surface area contributed by atoms with Crippen LogP contribution in [0, 0.1) is 0 Å². The van der Waals surface area contributed by atoms with Gasteiger partial charge < -0.3 is 0 Å².